The maximum Gasteiger partial charge on any atom is 0.283 e. The van der Waals surface area contributed by atoms with Crippen LogP contribution in [0.3, 0.4) is 0 Å². The molecule has 4 heterocycles. The van der Waals surface area contributed by atoms with Gasteiger partial charge in [-0.3, -0.25) is 9.67 Å². The lowest BCUT2D eigenvalue weighted by Crippen LogP contribution is -2.52. The maximum atomic E-state index is 13.7. The van der Waals surface area contributed by atoms with Gasteiger partial charge in [0, 0.05) is 49.2 Å². The minimum absolute atomic E-state index is 0.0568. The third-order valence-electron chi connectivity index (χ3n) is 6.15. The Morgan fingerprint density at radius 2 is 2.11 bits per heavy atom. The van der Waals surface area contributed by atoms with Gasteiger partial charge < -0.3 is 10.0 Å². The summed E-state index contributed by atoms with van der Waals surface area (Å²) in [5, 5.41) is 27.8. The van der Waals surface area contributed by atoms with Crippen LogP contribution in [0.1, 0.15) is 34.6 Å². The lowest BCUT2D eigenvalue weighted by Gasteiger charge is -2.38. The number of aliphatic hydroxyl groups excluding tert-OH is 1. The summed E-state index contributed by atoms with van der Waals surface area (Å²) in [7, 11) is 1.85. The molecule has 36 heavy (non-hydrogen) atoms. The van der Waals surface area contributed by atoms with E-state index in [0.717, 1.165) is 16.8 Å². The van der Waals surface area contributed by atoms with Gasteiger partial charge in [0.1, 0.15) is 23.1 Å². The number of anilines is 1. The third kappa shape index (κ3) is 3.81. The molecule has 0 saturated carbocycles. The Morgan fingerprint density at radius 3 is 2.72 bits per heavy atom. The molecule has 1 N–H and O–H groups in total. The Hall–Kier alpha value is -4.43. The molecule has 3 aromatic rings. The number of fused-ring (bicyclic) bond motifs is 1. The number of halogens is 2. The van der Waals surface area contributed by atoms with Crippen molar-refractivity contribution in [1.29, 1.82) is 5.26 Å². The van der Waals surface area contributed by atoms with Gasteiger partial charge in [-0.15, -0.1) is 0 Å². The minimum Gasteiger partial charge on any atom is -0.389 e. The Morgan fingerprint density at radius 1 is 1.33 bits per heavy atom. The summed E-state index contributed by atoms with van der Waals surface area (Å²) < 4.78 is 30.4. The zero-order valence-corrected chi connectivity index (χ0v) is 19.6. The summed E-state index contributed by atoms with van der Waals surface area (Å²) in [6.45, 7) is 6.07. The lowest BCUT2D eigenvalue weighted by atomic mass is 9.95. The molecule has 1 aliphatic heterocycles. The van der Waals surface area contributed by atoms with Crippen LogP contribution in [0.4, 0.5) is 14.6 Å². The molecule has 5 rings (SSSR count). The molecular formula is C25H22F2N8O. The largest absolute Gasteiger partial charge is 0.389 e. The quantitative estimate of drug-likeness (QED) is 0.590. The molecule has 9 nitrogen and oxygen atoms in total. The molecule has 0 spiro atoms. The number of hydrogen-bond acceptors (Lipinski definition) is 7. The van der Waals surface area contributed by atoms with E-state index in [1.165, 1.54) is 10.7 Å². The summed E-state index contributed by atoms with van der Waals surface area (Å²) in [6.07, 6.45) is 7.29. The van der Waals surface area contributed by atoms with Crippen molar-refractivity contribution in [2.24, 2.45) is 12.0 Å². The van der Waals surface area contributed by atoms with Crippen LogP contribution in [-0.2, 0) is 7.05 Å². The fourth-order valence-corrected chi connectivity index (χ4v) is 4.38. The molecule has 2 aliphatic rings. The first-order valence-electron chi connectivity index (χ1n) is 11.2. The van der Waals surface area contributed by atoms with Gasteiger partial charge in [0.05, 0.1) is 23.2 Å². The van der Waals surface area contributed by atoms with E-state index in [-0.39, 0.29) is 11.2 Å². The number of aromatic nitrogens is 5. The predicted octanol–water partition coefficient (Wildman–Crippen LogP) is 3.38. The lowest BCUT2D eigenvalue weighted by molar-refractivity contribution is 0.139. The second-order valence-corrected chi connectivity index (χ2v) is 8.47. The van der Waals surface area contributed by atoms with Crippen molar-refractivity contribution < 1.29 is 13.9 Å². The molecule has 0 unspecified atom stereocenters. The zero-order valence-electron chi connectivity index (χ0n) is 19.6. The highest BCUT2D eigenvalue weighted by Gasteiger charge is 2.32. The monoisotopic (exact) mass is 488 g/mol. The topological polar surface area (TPSA) is 108 Å². The van der Waals surface area contributed by atoms with Gasteiger partial charge in [0.2, 0.25) is 0 Å². The van der Waals surface area contributed by atoms with E-state index in [4.69, 9.17) is 0 Å². The molecular weight excluding hydrogens is 466 g/mol. The smallest absolute Gasteiger partial charge is 0.283 e. The van der Waals surface area contributed by atoms with E-state index in [1.807, 2.05) is 48.4 Å². The summed E-state index contributed by atoms with van der Waals surface area (Å²) in [5.74, 6) is 0.478. The van der Waals surface area contributed by atoms with E-state index in [9.17, 15) is 19.1 Å². The van der Waals surface area contributed by atoms with Gasteiger partial charge in [-0.05, 0) is 25.1 Å². The Bertz CT molecular complexity index is 1540. The number of alkyl halides is 2. The second-order valence-electron chi connectivity index (χ2n) is 8.47. The van der Waals surface area contributed by atoms with Crippen molar-refractivity contribution in [3.63, 3.8) is 0 Å². The van der Waals surface area contributed by atoms with E-state index in [2.05, 4.69) is 26.8 Å². The number of nitriles is 1. The van der Waals surface area contributed by atoms with E-state index in [1.54, 1.807) is 17.8 Å². The molecule has 0 atom stereocenters. The molecule has 0 radical (unpaired) electrons. The predicted molar refractivity (Wildman–Crippen MR) is 132 cm³/mol. The first-order valence-corrected chi connectivity index (χ1v) is 11.2. The van der Waals surface area contributed by atoms with Crippen LogP contribution in [0.15, 0.2) is 53.8 Å². The number of β-amino-alcohol motifs (C(OH)–C–C–N with tert-alkyl or cyclic N) is 1. The molecule has 182 valence electrons. The Kier molecular flexibility index (Phi) is 5.81. The van der Waals surface area contributed by atoms with Gasteiger partial charge in [0.25, 0.3) is 6.43 Å². The van der Waals surface area contributed by atoms with E-state index in [0.29, 0.717) is 35.9 Å². The molecule has 1 aliphatic carbocycles. The van der Waals surface area contributed by atoms with E-state index < -0.39 is 18.2 Å². The molecule has 1 fully saturated rings. The third-order valence-corrected chi connectivity index (χ3v) is 6.15. The van der Waals surface area contributed by atoms with Crippen molar-refractivity contribution in [2.75, 3.05) is 18.0 Å². The molecule has 0 aromatic carbocycles. The number of rotatable bonds is 5. The van der Waals surface area contributed by atoms with Crippen molar-refractivity contribution in [1.82, 2.24) is 24.4 Å². The van der Waals surface area contributed by atoms with Gasteiger partial charge in [0.15, 0.2) is 5.65 Å². The number of aryl methyl sites for hydroxylation is 2. The van der Waals surface area contributed by atoms with Crippen molar-refractivity contribution >= 4 is 28.8 Å². The van der Waals surface area contributed by atoms with Crippen LogP contribution in [0.5, 0.6) is 0 Å². The van der Waals surface area contributed by atoms with Crippen LogP contribution in [0, 0.1) is 18.3 Å². The van der Waals surface area contributed by atoms with Crippen LogP contribution in [0.2, 0.25) is 0 Å². The first kappa shape index (κ1) is 23.3. The zero-order chi connectivity index (χ0) is 25.6. The number of aliphatic hydroxyl groups is 1. The van der Waals surface area contributed by atoms with Crippen molar-refractivity contribution in [3.05, 3.63) is 77.1 Å². The van der Waals surface area contributed by atoms with Gasteiger partial charge in [-0.1, -0.05) is 18.7 Å². The molecule has 11 heteroatoms. The highest BCUT2D eigenvalue weighted by molar-refractivity contribution is 6.19. The second kappa shape index (κ2) is 8.98. The number of hydrogen-bond donors (Lipinski definition) is 1. The fourth-order valence-electron chi connectivity index (χ4n) is 4.38. The van der Waals surface area contributed by atoms with Gasteiger partial charge >= 0.3 is 0 Å². The van der Waals surface area contributed by atoms with Crippen LogP contribution < -0.4 is 4.90 Å². The molecule has 0 bridgehead atoms. The minimum atomic E-state index is -2.93. The summed E-state index contributed by atoms with van der Waals surface area (Å²) in [4.78, 5) is 10.7. The summed E-state index contributed by atoms with van der Waals surface area (Å²) in [5.41, 5.74) is 3.54. The van der Waals surface area contributed by atoms with Crippen molar-refractivity contribution in [3.8, 4) is 6.07 Å². The average Bonchev–Trinajstić information content (AvgIpc) is 3.42. The number of allylic oxidation sites excluding steroid dienone is 5. The van der Waals surface area contributed by atoms with Crippen LogP contribution >= 0.6 is 0 Å². The number of nitrogens with zero attached hydrogens (tertiary/aromatic N) is 8. The normalized spacial score (nSPS) is 18.2. The first-order chi connectivity index (χ1) is 17.3. The van der Waals surface area contributed by atoms with Gasteiger partial charge in [-0.25, -0.2) is 13.8 Å². The Labute approximate surface area is 205 Å². The standard InChI is InChI=1S/C25H22F2N8O/c1-4-29-20-10-16(21-7-8-30-33(21)3)6-5-15(20)9-18-14(2)31-24-19(11-28)22(23(26)27)32-35(24)25(18)34-12-17(36)13-34/h4-10,17,23,36H,1,12-13H2,2-3H3/b15-9+,29-20?. The average molecular weight is 489 g/mol. The maximum absolute atomic E-state index is 13.7. The molecule has 3 aromatic heterocycles. The Balaban J connectivity index is 1.70. The van der Waals surface area contributed by atoms with Crippen molar-refractivity contribution in [2.45, 2.75) is 19.5 Å². The summed E-state index contributed by atoms with van der Waals surface area (Å²) in [6, 6.07) is 3.72. The molecule has 0 amide bonds. The van der Waals surface area contributed by atoms with Crippen LogP contribution in [-0.4, -0.2) is 54.4 Å². The van der Waals surface area contributed by atoms with E-state index >= 15 is 0 Å². The summed E-state index contributed by atoms with van der Waals surface area (Å²) >= 11 is 0. The molecule has 1 saturated heterocycles. The SMILES string of the molecule is C=CN=C1C=C(c2ccnn2C)C=C/C1=C\c1c(C)nc2c(C#N)c(C(F)F)nn2c1N1CC(O)C1. The highest BCUT2D eigenvalue weighted by Crippen LogP contribution is 2.34. The van der Waals surface area contributed by atoms with Gasteiger partial charge in [-0.2, -0.15) is 20.0 Å². The van der Waals surface area contributed by atoms with Crippen LogP contribution in [0.25, 0.3) is 17.3 Å². The highest BCUT2D eigenvalue weighted by atomic mass is 19.3. The fraction of sp³-hybridized carbons (Fsp3) is 0.240. The number of aliphatic imine (C=N–C) groups is 1.